The number of benzene rings is 1. The Hall–Kier alpha value is 0.137. The predicted octanol–water partition coefficient (Wildman–Crippen LogP) is -0.586. The summed E-state index contributed by atoms with van der Waals surface area (Å²) in [6.45, 7) is 2.85. The Bertz CT molecular complexity index is 325. The van der Waals surface area contributed by atoms with Gasteiger partial charge in [0.05, 0.1) is 0 Å². The monoisotopic (exact) mass is 211 g/mol. The predicted molar refractivity (Wildman–Crippen MR) is 55.6 cm³/mol. The molecule has 1 aromatic rings. The van der Waals surface area contributed by atoms with Crippen LogP contribution in [0.5, 0.6) is 0 Å². The van der Waals surface area contributed by atoms with E-state index in [9.17, 15) is 0 Å². The Morgan fingerprint density at radius 1 is 1.36 bits per heavy atom. The second kappa shape index (κ2) is 5.88. The molecular weight excluding hydrogens is 199 g/mol. The van der Waals surface area contributed by atoms with Gasteiger partial charge in [0, 0.05) is 12.1 Å². The molecule has 66 valence electrons. The van der Waals surface area contributed by atoms with Crippen molar-refractivity contribution < 1.29 is 34.0 Å². The SMILES string of the molecule is CCO[Si]C1C=Cc2ccccc21.[Na+]. The summed E-state index contributed by atoms with van der Waals surface area (Å²) >= 11 is 0. The third kappa shape index (κ3) is 2.58. The van der Waals surface area contributed by atoms with Gasteiger partial charge in [-0.25, -0.2) is 0 Å². The fourth-order valence-electron chi connectivity index (χ4n) is 1.53. The summed E-state index contributed by atoms with van der Waals surface area (Å²) in [4.78, 5) is 0. The van der Waals surface area contributed by atoms with Crippen LogP contribution in [0.15, 0.2) is 30.3 Å². The average Bonchev–Trinajstić information content (AvgIpc) is 2.58. The van der Waals surface area contributed by atoms with Gasteiger partial charge in [0.15, 0.2) is 0 Å². The van der Waals surface area contributed by atoms with Gasteiger partial charge in [0.1, 0.15) is 0 Å². The van der Waals surface area contributed by atoms with E-state index in [1.807, 2.05) is 6.92 Å². The summed E-state index contributed by atoms with van der Waals surface area (Å²) in [6.07, 6.45) is 4.42. The largest absolute Gasteiger partial charge is 1.00 e. The Balaban J connectivity index is 0.000000980. The second-order valence-electron chi connectivity index (χ2n) is 3.02. The molecule has 0 fully saturated rings. The first kappa shape index (κ1) is 12.2. The molecule has 1 aromatic carbocycles. The van der Waals surface area contributed by atoms with Crippen LogP contribution in [-0.2, 0) is 4.43 Å². The maximum atomic E-state index is 5.45. The Morgan fingerprint density at radius 3 is 2.93 bits per heavy atom. The first-order valence-electron chi connectivity index (χ1n) is 4.56. The van der Waals surface area contributed by atoms with Crippen molar-refractivity contribution in [2.45, 2.75) is 12.5 Å². The zero-order valence-electron chi connectivity index (χ0n) is 8.66. The summed E-state index contributed by atoms with van der Waals surface area (Å²) in [5.74, 6) is 0. The van der Waals surface area contributed by atoms with Gasteiger partial charge in [-0.15, -0.1) is 0 Å². The van der Waals surface area contributed by atoms with Crippen LogP contribution >= 0.6 is 0 Å². The molecule has 0 saturated heterocycles. The van der Waals surface area contributed by atoms with Crippen LogP contribution in [0.4, 0.5) is 0 Å². The number of fused-ring (bicyclic) bond motifs is 1. The summed E-state index contributed by atoms with van der Waals surface area (Å²) in [6, 6.07) is 8.51. The molecule has 14 heavy (non-hydrogen) atoms. The van der Waals surface area contributed by atoms with Crippen LogP contribution < -0.4 is 29.6 Å². The molecule has 1 aliphatic rings. The van der Waals surface area contributed by atoms with Gasteiger partial charge < -0.3 is 4.43 Å². The van der Waals surface area contributed by atoms with E-state index in [2.05, 4.69) is 36.4 Å². The van der Waals surface area contributed by atoms with E-state index in [-0.39, 0.29) is 29.6 Å². The summed E-state index contributed by atoms with van der Waals surface area (Å²) in [5, 5.41) is 0. The Morgan fingerprint density at radius 2 is 2.14 bits per heavy atom. The molecule has 0 spiro atoms. The third-order valence-electron chi connectivity index (χ3n) is 2.15. The summed E-state index contributed by atoms with van der Waals surface area (Å²) in [5.41, 5.74) is 3.25. The van der Waals surface area contributed by atoms with Gasteiger partial charge >= 0.3 is 29.6 Å². The van der Waals surface area contributed by atoms with E-state index >= 15 is 0 Å². The van der Waals surface area contributed by atoms with Crippen LogP contribution in [0.2, 0.25) is 0 Å². The normalized spacial score (nSPS) is 17.6. The van der Waals surface area contributed by atoms with Gasteiger partial charge in [-0.2, -0.15) is 0 Å². The number of allylic oxidation sites excluding steroid dienone is 1. The van der Waals surface area contributed by atoms with E-state index in [0.29, 0.717) is 15.3 Å². The summed E-state index contributed by atoms with van der Waals surface area (Å²) < 4.78 is 5.45. The average molecular weight is 211 g/mol. The number of hydrogen-bond acceptors (Lipinski definition) is 1. The molecule has 0 aliphatic heterocycles. The topological polar surface area (TPSA) is 9.23 Å². The van der Waals surface area contributed by atoms with Crippen molar-refractivity contribution in [1.29, 1.82) is 0 Å². The quantitative estimate of drug-likeness (QED) is 0.608. The number of rotatable bonds is 3. The molecule has 1 nitrogen and oxygen atoms in total. The molecule has 1 atom stereocenters. The van der Waals surface area contributed by atoms with Gasteiger partial charge in [0.2, 0.25) is 9.76 Å². The Labute approximate surface area is 110 Å². The van der Waals surface area contributed by atoms with Gasteiger partial charge in [-0.3, -0.25) is 0 Å². The zero-order valence-corrected chi connectivity index (χ0v) is 11.7. The fourth-order valence-corrected chi connectivity index (χ4v) is 2.44. The molecule has 0 saturated carbocycles. The molecule has 0 aromatic heterocycles. The van der Waals surface area contributed by atoms with Crippen molar-refractivity contribution in [1.82, 2.24) is 0 Å². The van der Waals surface area contributed by atoms with Gasteiger partial charge in [-0.05, 0) is 18.1 Å². The molecule has 0 amide bonds. The molecule has 0 bridgehead atoms. The van der Waals surface area contributed by atoms with Crippen LogP contribution in [0.1, 0.15) is 23.6 Å². The Kier molecular flexibility index (Phi) is 5.13. The van der Waals surface area contributed by atoms with Gasteiger partial charge in [-0.1, -0.05) is 36.4 Å². The zero-order chi connectivity index (χ0) is 9.10. The van der Waals surface area contributed by atoms with Crippen molar-refractivity contribution in [2.75, 3.05) is 6.61 Å². The first-order chi connectivity index (χ1) is 6.42. The van der Waals surface area contributed by atoms with Crippen molar-refractivity contribution in [3.8, 4) is 0 Å². The van der Waals surface area contributed by atoms with Crippen LogP contribution in [-0.4, -0.2) is 16.4 Å². The molecule has 0 heterocycles. The van der Waals surface area contributed by atoms with E-state index in [1.165, 1.54) is 11.1 Å². The molecule has 1 aliphatic carbocycles. The molecule has 2 rings (SSSR count). The number of hydrogen-bond donors (Lipinski definition) is 0. The minimum atomic E-state index is 0. The van der Waals surface area contributed by atoms with Crippen molar-refractivity contribution in [3.63, 3.8) is 0 Å². The smallest absolute Gasteiger partial charge is 0.417 e. The van der Waals surface area contributed by atoms with E-state index in [4.69, 9.17) is 4.43 Å². The molecule has 0 N–H and O–H groups in total. The maximum absolute atomic E-state index is 5.45. The van der Waals surface area contributed by atoms with Crippen molar-refractivity contribution >= 4 is 15.8 Å². The minimum absolute atomic E-state index is 0. The standard InChI is InChI=1S/C11H12OSi.Na/c1-2-12-13-11-8-7-9-5-3-4-6-10(9)11;/h3-8,11H,2H2,1H3;/q;+1. The second-order valence-corrected chi connectivity index (χ2v) is 4.16. The molecule has 1 unspecified atom stereocenters. The van der Waals surface area contributed by atoms with Crippen molar-refractivity contribution in [2.24, 2.45) is 0 Å². The fraction of sp³-hybridized carbons (Fsp3) is 0.273. The first-order valence-corrected chi connectivity index (χ1v) is 5.55. The van der Waals surface area contributed by atoms with Gasteiger partial charge in [0.25, 0.3) is 0 Å². The van der Waals surface area contributed by atoms with E-state index < -0.39 is 0 Å². The van der Waals surface area contributed by atoms with E-state index in [0.717, 1.165) is 6.61 Å². The maximum Gasteiger partial charge on any atom is 1.00 e. The molecular formula is C11H12NaOSi+. The molecule has 2 radical (unpaired) electrons. The van der Waals surface area contributed by atoms with Crippen molar-refractivity contribution in [3.05, 3.63) is 41.5 Å². The third-order valence-corrected chi connectivity index (χ3v) is 3.37. The minimum Gasteiger partial charge on any atom is -0.417 e. The molecule has 3 heteroatoms. The van der Waals surface area contributed by atoms with Crippen LogP contribution in [0, 0.1) is 0 Å². The van der Waals surface area contributed by atoms with E-state index in [1.54, 1.807) is 0 Å². The van der Waals surface area contributed by atoms with Crippen LogP contribution in [0.3, 0.4) is 0 Å². The van der Waals surface area contributed by atoms with Crippen LogP contribution in [0.25, 0.3) is 6.08 Å². The summed E-state index contributed by atoms with van der Waals surface area (Å²) in [7, 11) is 0.566.